The van der Waals surface area contributed by atoms with Gasteiger partial charge in [-0.2, -0.15) is 0 Å². The lowest BCUT2D eigenvalue weighted by Gasteiger charge is -2.33. The highest BCUT2D eigenvalue weighted by Gasteiger charge is 2.42. The highest BCUT2D eigenvalue weighted by Crippen LogP contribution is 2.44. The summed E-state index contributed by atoms with van der Waals surface area (Å²) in [6.45, 7) is 10.5. The zero-order valence-corrected chi connectivity index (χ0v) is 20.9. The number of pyridine rings is 1. The molecule has 1 unspecified atom stereocenters. The van der Waals surface area contributed by atoms with Crippen LogP contribution in [0.2, 0.25) is 0 Å². The molecule has 0 aliphatic carbocycles. The van der Waals surface area contributed by atoms with Crippen molar-refractivity contribution < 1.29 is 14.6 Å². The van der Waals surface area contributed by atoms with Gasteiger partial charge in [0.25, 0.3) is 0 Å². The van der Waals surface area contributed by atoms with E-state index in [0.717, 1.165) is 45.4 Å². The lowest BCUT2D eigenvalue weighted by molar-refractivity contribution is -0.156. The van der Waals surface area contributed by atoms with Crippen molar-refractivity contribution in [2.24, 2.45) is 5.41 Å². The molecule has 4 aromatic rings. The van der Waals surface area contributed by atoms with Crippen molar-refractivity contribution in [1.82, 2.24) is 20.0 Å². The smallest absolute Gasteiger partial charge is 0.312 e. The van der Waals surface area contributed by atoms with E-state index < -0.39 is 11.3 Å². The van der Waals surface area contributed by atoms with Crippen LogP contribution in [0.1, 0.15) is 60.2 Å². The third kappa shape index (κ3) is 4.68. The highest BCUT2D eigenvalue weighted by atomic mass is 16.5. The van der Waals surface area contributed by atoms with Gasteiger partial charge in [-0.25, -0.2) is 4.68 Å². The van der Waals surface area contributed by atoms with Crippen LogP contribution in [0, 0.1) is 19.3 Å². The molecular weight excluding hydrogens is 440 g/mol. The van der Waals surface area contributed by atoms with Gasteiger partial charge in [-0.15, -0.1) is 5.10 Å². The molecule has 7 heteroatoms. The van der Waals surface area contributed by atoms with Gasteiger partial charge in [-0.3, -0.25) is 9.78 Å². The predicted octanol–water partition coefficient (Wildman–Crippen LogP) is 4.86. The van der Waals surface area contributed by atoms with Crippen molar-refractivity contribution in [2.75, 3.05) is 0 Å². The van der Waals surface area contributed by atoms with Crippen LogP contribution in [-0.4, -0.2) is 31.1 Å². The molecule has 0 fully saturated rings. The predicted molar refractivity (Wildman–Crippen MR) is 135 cm³/mol. The Morgan fingerprint density at radius 1 is 1.14 bits per heavy atom. The van der Waals surface area contributed by atoms with Gasteiger partial charge in [0, 0.05) is 24.4 Å². The zero-order valence-electron chi connectivity index (χ0n) is 20.9. The Morgan fingerprint density at radius 2 is 1.89 bits per heavy atom. The Balaban J connectivity index is 1.81. The SMILES string of the molecule is CCn1nnc2c(C)c(C(c3cc(CO)c(C)cn3)C(C)(C)C(=O)OCc3ccccc3)ccc21. The summed E-state index contributed by atoms with van der Waals surface area (Å²) in [6, 6.07) is 15.6. The van der Waals surface area contributed by atoms with Crippen LogP contribution >= 0.6 is 0 Å². The van der Waals surface area contributed by atoms with Gasteiger partial charge < -0.3 is 9.84 Å². The molecule has 182 valence electrons. The quantitative estimate of drug-likeness (QED) is 0.369. The normalized spacial score (nSPS) is 12.6. The summed E-state index contributed by atoms with van der Waals surface area (Å²) in [4.78, 5) is 18.3. The topological polar surface area (TPSA) is 90.1 Å². The van der Waals surface area contributed by atoms with Gasteiger partial charge in [0.15, 0.2) is 0 Å². The van der Waals surface area contributed by atoms with E-state index >= 15 is 0 Å². The van der Waals surface area contributed by atoms with Crippen LogP contribution < -0.4 is 0 Å². The molecule has 2 aromatic carbocycles. The van der Waals surface area contributed by atoms with Crippen LogP contribution in [0.3, 0.4) is 0 Å². The summed E-state index contributed by atoms with van der Waals surface area (Å²) in [7, 11) is 0. The van der Waals surface area contributed by atoms with E-state index in [9.17, 15) is 9.90 Å². The summed E-state index contributed by atoms with van der Waals surface area (Å²) in [5, 5.41) is 18.6. The minimum absolute atomic E-state index is 0.101. The number of nitrogens with zero attached hydrogens (tertiary/aromatic N) is 4. The summed E-state index contributed by atoms with van der Waals surface area (Å²) in [5.74, 6) is -0.746. The first-order chi connectivity index (χ1) is 16.8. The molecule has 1 N–H and O–H groups in total. The minimum Gasteiger partial charge on any atom is -0.460 e. The van der Waals surface area contributed by atoms with Gasteiger partial charge in [0.2, 0.25) is 0 Å². The second-order valence-electron chi connectivity index (χ2n) is 9.46. The largest absolute Gasteiger partial charge is 0.460 e. The average molecular weight is 473 g/mol. The number of aliphatic hydroxyl groups excluding tert-OH is 1. The third-order valence-corrected chi connectivity index (χ3v) is 6.76. The van der Waals surface area contributed by atoms with Crippen LogP contribution in [0.15, 0.2) is 54.7 Å². The number of ether oxygens (including phenoxy) is 1. The molecule has 7 nitrogen and oxygen atoms in total. The number of benzene rings is 2. The van der Waals surface area contributed by atoms with Crippen molar-refractivity contribution in [3.05, 3.63) is 88.2 Å². The van der Waals surface area contributed by atoms with Crippen molar-refractivity contribution >= 4 is 17.0 Å². The number of fused-ring (bicyclic) bond motifs is 1. The lowest BCUT2D eigenvalue weighted by Crippen LogP contribution is -2.35. The molecule has 0 amide bonds. The standard InChI is InChI=1S/C28H32N4O3/c1-6-32-24-13-12-22(19(3)26(24)30-31-32)25(23-14-21(16-33)18(2)15-29-23)28(4,5)27(34)35-17-20-10-8-7-9-11-20/h7-15,25,33H,6,16-17H2,1-5H3. The number of hydrogen-bond donors (Lipinski definition) is 1. The molecule has 35 heavy (non-hydrogen) atoms. The molecule has 0 aliphatic rings. The number of carbonyl (C=O) groups excluding carboxylic acids is 1. The average Bonchev–Trinajstić information content (AvgIpc) is 3.29. The third-order valence-electron chi connectivity index (χ3n) is 6.76. The lowest BCUT2D eigenvalue weighted by atomic mass is 9.71. The van der Waals surface area contributed by atoms with E-state index in [-0.39, 0.29) is 19.2 Å². The summed E-state index contributed by atoms with van der Waals surface area (Å²) >= 11 is 0. The van der Waals surface area contributed by atoms with Crippen LogP contribution in [0.5, 0.6) is 0 Å². The Bertz CT molecular complexity index is 1350. The first kappa shape index (κ1) is 24.5. The molecule has 0 saturated heterocycles. The number of carbonyl (C=O) groups is 1. The molecule has 2 aromatic heterocycles. The number of aromatic nitrogens is 4. The molecule has 0 saturated carbocycles. The van der Waals surface area contributed by atoms with E-state index in [0.29, 0.717) is 5.69 Å². The van der Waals surface area contributed by atoms with Crippen molar-refractivity contribution in [3.63, 3.8) is 0 Å². The molecule has 0 spiro atoms. The van der Waals surface area contributed by atoms with E-state index in [4.69, 9.17) is 9.72 Å². The summed E-state index contributed by atoms with van der Waals surface area (Å²) < 4.78 is 7.65. The first-order valence-electron chi connectivity index (χ1n) is 11.9. The molecular formula is C28H32N4O3. The highest BCUT2D eigenvalue weighted by molar-refractivity contribution is 5.82. The van der Waals surface area contributed by atoms with E-state index in [2.05, 4.69) is 10.3 Å². The second kappa shape index (κ2) is 9.96. The Kier molecular flexibility index (Phi) is 6.98. The fraction of sp³-hybridized carbons (Fsp3) is 0.357. The van der Waals surface area contributed by atoms with Gasteiger partial charge in [0.1, 0.15) is 12.1 Å². The molecule has 0 radical (unpaired) electrons. The molecule has 1 atom stereocenters. The first-order valence-corrected chi connectivity index (χ1v) is 11.9. The fourth-order valence-corrected chi connectivity index (χ4v) is 4.59. The van der Waals surface area contributed by atoms with E-state index in [1.54, 1.807) is 6.20 Å². The van der Waals surface area contributed by atoms with Crippen molar-refractivity contribution in [3.8, 4) is 0 Å². The van der Waals surface area contributed by atoms with Crippen LogP contribution in [0.4, 0.5) is 0 Å². The van der Waals surface area contributed by atoms with Gasteiger partial charge in [-0.1, -0.05) is 41.6 Å². The van der Waals surface area contributed by atoms with Gasteiger partial charge in [0.05, 0.1) is 17.5 Å². The maximum Gasteiger partial charge on any atom is 0.312 e. The van der Waals surface area contributed by atoms with Crippen molar-refractivity contribution in [1.29, 1.82) is 0 Å². The number of aliphatic hydroxyl groups is 1. The fourth-order valence-electron chi connectivity index (χ4n) is 4.59. The maximum absolute atomic E-state index is 13.5. The Morgan fingerprint density at radius 3 is 2.57 bits per heavy atom. The Labute approximate surface area is 205 Å². The number of aryl methyl sites for hydroxylation is 3. The van der Waals surface area contributed by atoms with Crippen LogP contribution in [-0.2, 0) is 29.3 Å². The van der Waals surface area contributed by atoms with E-state index in [1.165, 1.54) is 0 Å². The number of esters is 1. The molecule has 0 aliphatic heterocycles. The Hall–Kier alpha value is -3.58. The molecule has 2 heterocycles. The van der Waals surface area contributed by atoms with Crippen molar-refractivity contribution in [2.45, 2.75) is 60.3 Å². The number of hydrogen-bond acceptors (Lipinski definition) is 6. The zero-order chi connectivity index (χ0) is 25.2. The molecule has 0 bridgehead atoms. The minimum atomic E-state index is -0.955. The summed E-state index contributed by atoms with van der Waals surface area (Å²) in [6.07, 6.45) is 1.75. The van der Waals surface area contributed by atoms with Gasteiger partial charge >= 0.3 is 5.97 Å². The van der Waals surface area contributed by atoms with Crippen LogP contribution in [0.25, 0.3) is 11.0 Å². The van der Waals surface area contributed by atoms with E-state index in [1.807, 2.05) is 87.8 Å². The summed E-state index contributed by atoms with van der Waals surface area (Å²) in [5.41, 5.74) is 5.99. The second-order valence-corrected chi connectivity index (χ2v) is 9.46. The monoisotopic (exact) mass is 472 g/mol. The maximum atomic E-state index is 13.5. The molecule has 4 rings (SSSR count). The number of rotatable bonds is 8. The van der Waals surface area contributed by atoms with Gasteiger partial charge in [-0.05, 0) is 74.6 Å².